The SMILES string of the molecule is CCCCCC1(CCCCC)OO1. The highest BCUT2D eigenvalue weighted by atomic mass is 17.4. The largest absolute Gasteiger partial charge is 0.234 e. The highest BCUT2D eigenvalue weighted by Crippen LogP contribution is 2.39. The van der Waals surface area contributed by atoms with Crippen LogP contribution in [0.1, 0.15) is 65.2 Å². The summed E-state index contributed by atoms with van der Waals surface area (Å²) >= 11 is 0. The quantitative estimate of drug-likeness (QED) is 0.327. The highest BCUT2D eigenvalue weighted by Gasteiger charge is 2.47. The Morgan fingerprint density at radius 3 is 1.54 bits per heavy atom. The van der Waals surface area contributed by atoms with Gasteiger partial charge in [0.2, 0.25) is 5.79 Å². The Kier molecular flexibility index (Phi) is 4.74. The molecule has 1 fully saturated rings. The summed E-state index contributed by atoms with van der Waals surface area (Å²) in [6, 6.07) is 0. The van der Waals surface area contributed by atoms with Crippen molar-refractivity contribution in [2.45, 2.75) is 71.0 Å². The molecule has 0 N–H and O–H groups in total. The summed E-state index contributed by atoms with van der Waals surface area (Å²) in [6.45, 7) is 4.44. The third-order valence-corrected chi connectivity index (χ3v) is 2.64. The summed E-state index contributed by atoms with van der Waals surface area (Å²) in [5.41, 5.74) is 0. The van der Waals surface area contributed by atoms with Crippen LogP contribution >= 0.6 is 0 Å². The molecule has 1 saturated heterocycles. The van der Waals surface area contributed by atoms with Crippen molar-refractivity contribution < 1.29 is 9.78 Å². The van der Waals surface area contributed by atoms with Crippen LogP contribution in [0.2, 0.25) is 0 Å². The first-order valence-corrected chi connectivity index (χ1v) is 5.70. The molecule has 2 nitrogen and oxygen atoms in total. The van der Waals surface area contributed by atoms with Gasteiger partial charge in [0.1, 0.15) is 0 Å². The molecule has 1 heterocycles. The molecule has 0 aromatic rings. The van der Waals surface area contributed by atoms with Crippen molar-refractivity contribution in [3.05, 3.63) is 0 Å². The van der Waals surface area contributed by atoms with Crippen LogP contribution in [0.15, 0.2) is 0 Å². The van der Waals surface area contributed by atoms with Gasteiger partial charge in [-0.3, -0.25) is 0 Å². The van der Waals surface area contributed by atoms with Gasteiger partial charge in [-0.2, -0.15) is 9.78 Å². The molecule has 1 aliphatic rings. The van der Waals surface area contributed by atoms with Crippen molar-refractivity contribution in [3.8, 4) is 0 Å². The van der Waals surface area contributed by atoms with E-state index in [1.54, 1.807) is 0 Å². The number of rotatable bonds is 8. The minimum Gasteiger partial charge on any atom is -0.195 e. The lowest BCUT2D eigenvalue weighted by Gasteiger charge is -2.05. The van der Waals surface area contributed by atoms with E-state index in [1.165, 1.54) is 38.5 Å². The van der Waals surface area contributed by atoms with Crippen LogP contribution in [-0.2, 0) is 9.78 Å². The third kappa shape index (κ3) is 4.10. The molecular formula is C11H22O2. The maximum absolute atomic E-state index is 5.09. The van der Waals surface area contributed by atoms with E-state index in [0.717, 1.165) is 12.8 Å². The zero-order valence-electron chi connectivity index (χ0n) is 8.97. The summed E-state index contributed by atoms with van der Waals surface area (Å²) in [5, 5.41) is 0. The minimum atomic E-state index is -0.148. The van der Waals surface area contributed by atoms with Crippen molar-refractivity contribution >= 4 is 0 Å². The van der Waals surface area contributed by atoms with Gasteiger partial charge in [-0.25, -0.2) is 0 Å². The van der Waals surface area contributed by atoms with Crippen molar-refractivity contribution in [1.82, 2.24) is 0 Å². The van der Waals surface area contributed by atoms with Gasteiger partial charge in [-0.05, 0) is 12.8 Å². The average Bonchev–Trinajstić information content (AvgIpc) is 2.87. The van der Waals surface area contributed by atoms with E-state index in [1.807, 2.05) is 0 Å². The molecule has 1 rings (SSSR count). The van der Waals surface area contributed by atoms with Gasteiger partial charge in [-0.15, -0.1) is 0 Å². The van der Waals surface area contributed by atoms with Crippen LogP contribution in [0.3, 0.4) is 0 Å². The smallest absolute Gasteiger partial charge is 0.195 e. The van der Waals surface area contributed by atoms with Crippen molar-refractivity contribution in [2.24, 2.45) is 0 Å². The number of hydrogen-bond donors (Lipinski definition) is 0. The Bertz CT molecular complexity index is 118. The van der Waals surface area contributed by atoms with E-state index < -0.39 is 0 Å². The fourth-order valence-electron chi connectivity index (χ4n) is 1.64. The van der Waals surface area contributed by atoms with Gasteiger partial charge >= 0.3 is 0 Å². The molecule has 0 saturated carbocycles. The summed E-state index contributed by atoms with van der Waals surface area (Å²) < 4.78 is 0. The number of unbranched alkanes of at least 4 members (excludes halogenated alkanes) is 4. The molecular weight excluding hydrogens is 164 g/mol. The summed E-state index contributed by atoms with van der Waals surface area (Å²) in [6.07, 6.45) is 9.78. The Morgan fingerprint density at radius 1 is 0.769 bits per heavy atom. The van der Waals surface area contributed by atoms with Gasteiger partial charge in [0, 0.05) is 12.8 Å². The van der Waals surface area contributed by atoms with Crippen LogP contribution in [0.25, 0.3) is 0 Å². The van der Waals surface area contributed by atoms with Crippen LogP contribution in [-0.4, -0.2) is 5.79 Å². The predicted molar refractivity (Wildman–Crippen MR) is 53.2 cm³/mol. The van der Waals surface area contributed by atoms with Gasteiger partial charge in [0.25, 0.3) is 0 Å². The van der Waals surface area contributed by atoms with E-state index >= 15 is 0 Å². The monoisotopic (exact) mass is 186 g/mol. The standard InChI is InChI=1S/C11H22O2/c1-3-5-7-9-11(12-13-11)10-8-6-4-2/h3-10H2,1-2H3. The molecule has 0 amide bonds. The second kappa shape index (κ2) is 5.61. The van der Waals surface area contributed by atoms with Crippen molar-refractivity contribution in [3.63, 3.8) is 0 Å². The topological polar surface area (TPSA) is 25.1 Å². The third-order valence-electron chi connectivity index (χ3n) is 2.64. The Balaban J connectivity index is 2.01. The lowest BCUT2D eigenvalue weighted by atomic mass is 10.0. The molecule has 0 bridgehead atoms. The second-order valence-electron chi connectivity index (χ2n) is 3.99. The van der Waals surface area contributed by atoms with Crippen LogP contribution in [0.5, 0.6) is 0 Å². The predicted octanol–water partition coefficient (Wildman–Crippen LogP) is 3.81. The Labute approximate surface area is 81.5 Å². The highest BCUT2D eigenvalue weighted by molar-refractivity contribution is 4.73. The molecule has 0 aliphatic carbocycles. The molecule has 0 aromatic carbocycles. The maximum Gasteiger partial charge on any atom is 0.234 e. The van der Waals surface area contributed by atoms with Crippen molar-refractivity contribution in [1.29, 1.82) is 0 Å². The van der Waals surface area contributed by atoms with Crippen LogP contribution < -0.4 is 0 Å². The van der Waals surface area contributed by atoms with Gasteiger partial charge in [0.15, 0.2) is 0 Å². The zero-order valence-corrected chi connectivity index (χ0v) is 8.97. The van der Waals surface area contributed by atoms with Crippen LogP contribution in [0, 0.1) is 0 Å². The molecule has 0 radical (unpaired) electrons. The molecule has 0 unspecified atom stereocenters. The second-order valence-corrected chi connectivity index (χ2v) is 3.99. The van der Waals surface area contributed by atoms with Gasteiger partial charge < -0.3 is 0 Å². The van der Waals surface area contributed by atoms with E-state index in [9.17, 15) is 0 Å². The molecule has 13 heavy (non-hydrogen) atoms. The Morgan fingerprint density at radius 2 is 1.23 bits per heavy atom. The lowest BCUT2D eigenvalue weighted by molar-refractivity contribution is 0.0850. The molecule has 0 atom stereocenters. The average molecular weight is 186 g/mol. The Hall–Kier alpha value is -0.0800. The molecule has 0 spiro atoms. The van der Waals surface area contributed by atoms with Gasteiger partial charge in [0.05, 0.1) is 0 Å². The van der Waals surface area contributed by atoms with Gasteiger partial charge in [-0.1, -0.05) is 39.5 Å². The van der Waals surface area contributed by atoms with E-state index in [0.29, 0.717) is 0 Å². The summed E-state index contributed by atoms with van der Waals surface area (Å²) in [7, 11) is 0. The zero-order chi connectivity index (χ0) is 9.57. The maximum atomic E-state index is 5.09. The first-order valence-electron chi connectivity index (χ1n) is 5.70. The summed E-state index contributed by atoms with van der Waals surface area (Å²) in [4.78, 5) is 10.2. The van der Waals surface area contributed by atoms with Crippen molar-refractivity contribution in [2.75, 3.05) is 0 Å². The lowest BCUT2D eigenvalue weighted by Crippen LogP contribution is -2.09. The first kappa shape index (κ1) is 11.0. The molecule has 1 aliphatic heterocycles. The van der Waals surface area contributed by atoms with E-state index in [2.05, 4.69) is 13.8 Å². The number of hydrogen-bond acceptors (Lipinski definition) is 2. The normalized spacial score (nSPS) is 18.9. The molecule has 78 valence electrons. The van der Waals surface area contributed by atoms with E-state index in [-0.39, 0.29) is 5.79 Å². The fourth-order valence-corrected chi connectivity index (χ4v) is 1.64. The first-order chi connectivity index (χ1) is 6.33. The molecule has 2 heteroatoms. The minimum absolute atomic E-state index is 0.148. The molecule has 0 aromatic heterocycles. The van der Waals surface area contributed by atoms with Crippen LogP contribution in [0.4, 0.5) is 0 Å². The van der Waals surface area contributed by atoms with E-state index in [4.69, 9.17) is 9.78 Å². The fraction of sp³-hybridized carbons (Fsp3) is 1.00. The summed E-state index contributed by atoms with van der Waals surface area (Å²) in [5.74, 6) is -0.148.